The number of aromatic nitrogens is 3. The summed E-state index contributed by atoms with van der Waals surface area (Å²) in [6, 6.07) is 8.33. The molecule has 6 heteroatoms. The van der Waals surface area contributed by atoms with Crippen LogP contribution >= 0.6 is 11.8 Å². The summed E-state index contributed by atoms with van der Waals surface area (Å²) in [6.45, 7) is 6.35. The van der Waals surface area contributed by atoms with E-state index in [4.69, 9.17) is 4.74 Å². The van der Waals surface area contributed by atoms with Crippen molar-refractivity contribution in [3.63, 3.8) is 0 Å². The highest BCUT2D eigenvalue weighted by Gasteiger charge is 2.12. The van der Waals surface area contributed by atoms with Gasteiger partial charge in [0.25, 0.3) is 0 Å². The molecule has 0 aliphatic carbocycles. The van der Waals surface area contributed by atoms with E-state index in [-0.39, 0.29) is 11.7 Å². The van der Waals surface area contributed by atoms with Crippen molar-refractivity contribution in [2.75, 3.05) is 12.4 Å². The normalized spacial score (nSPS) is 11.0. The van der Waals surface area contributed by atoms with E-state index in [1.807, 2.05) is 12.3 Å². The lowest BCUT2D eigenvalue weighted by Gasteiger charge is -2.02. The second kappa shape index (κ2) is 7.05. The van der Waals surface area contributed by atoms with E-state index in [1.165, 1.54) is 22.9 Å². The number of aryl methyl sites for hydroxylation is 2. The Labute approximate surface area is 145 Å². The zero-order chi connectivity index (χ0) is 17.1. The smallest absolute Gasteiger partial charge is 0.316 e. The van der Waals surface area contributed by atoms with Gasteiger partial charge >= 0.3 is 5.97 Å². The van der Waals surface area contributed by atoms with E-state index >= 15 is 0 Å². The van der Waals surface area contributed by atoms with Crippen LogP contribution in [-0.4, -0.2) is 32.9 Å². The van der Waals surface area contributed by atoms with Crippen LogP contribution in [0.2, 0.25) is 0 Å². The zero-order valence-electron chi connectivity index (χ0n) is 13.9. The van der Waals surface area contributed by atoms with Crippen LogP contribution in [0.1, 0.15) is 18.1 Å². The molecule has 0 radical (unpaired) electrons. The largest absolute Gasteiger partial charge is 0.465 e. The Kier molecular flexibility index (Phi) is 4.85. The molecule has 0 fully saturated rings. The molecule has 0 saturated heterocycles. The minimum absolute atomic E-state index is 0.236. The summed E-state index contributed by atoms with van der Waals surface area (Å²) in [4.78, 5) is 15.9. The molecule has 3 aromatic rings. The second-order valence-corrected chi connectivity index (χ2v) is 6.47. The van der Waals surface area contributed by atoms with Gasteiger partial charge in [0, 0.05) is 18.0 Å². The molecule has 24 heavy (non-hydrogen) atoms. The molecule has 0 N–H and O–H groups in total. The third-order valence-electron chi connectivity index (χ3n) is 3.64. The molecule has 2 aromatic heterocycles. The Balaban J connectivity index is 1.93. The van der Waals surface area contributed by atoms with Gasteiger partial charge in [-0.3, -0.25) is 4.79 Å². The number of hydrogen-bond donors (Lipinski definition) is 0. The van der Waals surface area contributed by atoms with Gasteiger partial charge in [-0.05, 0) is 32.4 Å². The molecule has 0 bridgehead atoms. The van der Waals surface area contributed by atoms with Gasteiger partial charge in [0.15, 0.2) is 0 Å². The molecule has 5 nitrogen and oxygen atoms in total. The van der Waals surface area contributed by atoms with Crippen LogP contribution in [0.15, 0.2) is 41.7 Å². The first-order valence-electron chi connectivity index (χ1n) is 7.79. The molecule has 124 valence electrons. The Bertz CT molecular complexity index is 889. The molecule has 3 rings (SSSR count). The molecule has 2 heterocycles. The summed E-state index contributed by atoms with van der Waals surface area (Å²) in [7, 11) is 0. The Hall–Kier alpha value is -2.34. The maximum atomic E-state index is 11.6. The van der Waals surface area contributed by atoms with Gasteiger partial charge in [-0.25, -0.2) is 9.50 Å². The van der Waals surface area contributed by atoms with Crippen LogP contribution in [-0.2, 0) is 9.53 Å². The van der Waals surface area contributed by atoms with Crippen molar-refractivity contribution in [1.29, 1.82) is 0 Å². The fourth-order valence-electron chi connectivity index (χ4n) is 2.57. The lowest BCUT2D eigenvalue weighted by Crippen LogP contribution is -2.06. The first kappa shape index (κ1) is 16.5. The number of carbonyl (C=O) groups is 1. The highest BCUT2D eigenvalue weighted by atomic mass is 32.2. The van der Waals surface area contributed by atoms with E-state index in [0.29, 0.717) is 6.61 Å². The number of nitrogens with zero attached hydrogens (tertiary/aromatic N) is 3. The van der Waals surface area contributed by atoms with Crippen molar-refractivity contribution < 1.29 is 9.53 Å². The fraction of sp³-hybridized carbons (Fsp3) is 0.278. The van der Waals surface area contributed by atoms with E-state index < -0.39 is 0 Å². The van der Waals surface area contributed by atoms with Crippen LogP contribution in [0.25, 0.3) is 16.8 Å². The van der Waals surface area contributed by atoms with Crippen LogP contribution in [0.5, 0.6) is 0 Å². The van der Waals surface area contributed by atoms with Gasteiger partial charge in [-0.15, -0.1) is 0 Å². The molecule has 0 atom stereocenters. The number of carbonyl (C=O) groups excluding carboxylic acids is 1. The number of thioether (sulfide) groups is 1. The van der Waals surface area contributed by atoms with Crippen LogP contribution in [0.4, 0.5) is 0 Å². The molecule has 0 aliphatic rings. The number of hydrogen-bond acceptors (Lipinski definition) is 5. The van der Waals surface area contributed by atoms with Gasteiger partial charge in [0.05, 0.1) is 23.6 Å². The second-order valence-electron chi connectivity index (χ2n) is 5.50. The zero-order valence-corrected chi connectivity index (χ0v) is 14.8. The van der Waals surface area contributed by atoms with Gasteiger partial charge in [-0.2, -0.15) is 5.10 Å². The summed E-state index contributed by atoms with van der Waals surface area (Å²) in [5.74, 6) is 0.00494. The van der Waals surface area contributed by atoms with Gasteiger partial charge in [0.1, 0.15) is 5.03 Å². The maximum Gasteiger partial charge on any atom is 0.316 e. The van der Waals surface area contributed by atoms with E-state index in [2.05, 4.69) is 42.1 Å². The van der Waals surface area contributed by atoms with Gasteiger partial charge in [0.2, 0.25) is 0 Å². The number of ether oxygens (including phenoxy) is 1. The summed E-state index contributed by atoms with van der Waals surface area (Å²) < 4.78 is 6.77. The third-order valence-corrected chi connectivity index (χ3v) is 4.61. The van der Waals surface area contributed by atoms with Crippen molar-refractivity contribution in [2.24, 2.45) is 0 Å². The molecule has 0 aliphatic heterocycles. The highest BCUT2D eigenvalue weighted by Crippen LogP contribution is 2.28. The van der Waals surface area contributed by atoms with Crippen molar-refractivity contribution in [3.05, 3.63) is 47.8 Å². The van der Waals surface area contributed by atoms with Gasteiger partial charge in [-0.1, -0.05) is 35.5 Å². The molecule has 1 aromatic carbocycles. The minimum Gasteiger partial charge on any atom is -0.465 e. The fourth-order valence-corrected chi connectivity index (χ4v) is 3.35. The average molecular weight is 341 g/mol. The Morgan fingerprint density at radius 3 is 2.88 bits per heavy atom. The minimum atomic E-state index is -0.236. The first-order valence-corrected chi connectivity index (χ1v) is 8.77. The lowest BCUT2D eigenvalue weighted by molar-refractivity contribution is -0.139. The quantitative estimate of drug-likeness (QED) is 0.523. The maximum absolute atomic E-state index is 11.6. The number of esters is 1. The third kappa shape index (κ3) is 3.43. The lowest BCUT2D eigenvalue weighted by atomic mass is 10.0. The molecule has 0 spiro atoms. The average Bonchev–Trinajstić information content (AvgIpc) is 2.97. The Morgan fingerprint density at radius 2 is 2.12 bits per heavy atom. The standard InChI is InChI=1S/C18H19N3O2S/c1-4-23-17(22)11-24-18-16-10-15(20-21(16)8-7-19-18)14-6-5-12(2)9-13(14)3/h5-10H,4,11H2,1-3H3. The molecule has 0 unspecified atom stereocenters. The predicted molar refractivity (Wildman–Crippen MR) is 95.3 cm³/mol. The van der Waals surface area contributed by atoms with Gasteiger partial charge < -0.3 is 4.74 Å². The topological polar surface area (TPSA) is 56.5 Å². The molecular formula is C18H19N3O2S. The van der Waals surface area contributed by atoms with Crippen LogP contribution in [0, 0.1) is 13.8 Å². The van der Waals surface area contributed by atoms with Crippen molar-refractivity contribution in [3.8, 4) is 11.3 Å². The molecule has 0 saturated carbocycles. The first-order chi connectivity index (χ1) is 11.6. The van der Waals surface area contributed by atoms with Crippen molar-refractivity contribution >= 4 is 23.2 Å². The highest BCUT2D eigenvalue weighted by molar-refractivity contribution is 8.00. The molecule has 0 amide bonds. The molecular weight excluding hydrogens is 322 g/mol. The Morgan fingerprint density at radius 1 is 1.29 bits per heavy atom. The van der Waals surface area contributed by atoms with Crippen LogP contribution < -0.4 is 0 Å². The monoisotopic (exact) mass is 341 g/mol. The van der Waals surface area contributed by atoms with E-state index in [1.54, 1.807) is 17.6 Å². The number of benzene rings is 1. The number of rotatable bonds is 5. The van der Waals surface area contributed by atoms with Crippen LogP contribution in [0.3, 0.4) is 0 Å². The van der Waals surface area contributed by atoms with Crippen molar-refractivity contribution in [2.45, 2.75) is 25.8 Å². The summed E-state index contributed by atoms with van der Waals surface area (Å²) in [6.07, 6.45) is 3.51. The predicted octanol–water partition coefficient (Wildman–Crippen LogP) is 3.67. The SMILES string of the molecule is CCOC(=O)CSc1nccn2nc(-c3ccc(C)cc3C)cc12. The van der Waals surface area contributed by atoms with E-state index in [0.717, 1.165) is 21.8 Å². The van der Waals surface area contributed by atoms with E-state index in [9.17, 15) is 4.79 Å². The summed E-state index contributed by atoms with van der Waals surface area (Å²) in [5.41, 5.74) is 5.31. The number of fused-ring (bicyclic) bond motifs is 1. The van der Waals surface area contributed by atoms with Crippen molar-refractivity contribution in [1.82, 2.24) is 14.6 Å². The summed E-state index contributed by atoms with van der Waals surface area (Å²) in [5, 5.41) is 5.42. The summed E-state index contributed by atoms with van der Waals surface area (Å²) >= 11 is 1.37.